The maximum Gasteiger partial charge on any atom is 0.317 e. The lowest BCUT2D eigenvalue weighted by Crippen LogP contribution is -2.42. The van der Waals surface area contributed by atoms with Gasteiger partial charge >= 0.3 is 12.0 Å². The van der Waals surface area contributed by atoms with E-state index in [0.717, 1.165) is 6.42 Å². The number of hydrogen-bond acceptors (Lipinski definition) is 2. The summed E-state index contributed by atoms with van der Waals surface area (Å²) in [5.41, 5.74) is 1.27. The number of likely N-dealkylation sites (tertiary alicyclic amines) is 1. The Kier molecular flexibility index (Phi) is 6.02. The van der Waals surface area contributed by atoms with Crippen LogP contribution in [-0.2, 0) is 11.2 Å². The van der Waals surface area contributed by atoms with Gasteiger partial charge < -0.3 is 15.3 Å². The second-order valence-electron chi connectivity index (χ2n) is 6.65. The van der Waals surface area contributed by atoms with Crippen molar-refractivity contribution in [2.75, 3.05) is 19.6 Å². The molecule has 0 aliphatic carbocycles. The molecule has 1 heterocycles. The molecule has 0 saturated carbocycles. The molecule has 2 N–H and O–H groups in total. The Morgan fingerprint density at radius 3 is 2.57 bits per heavy atom. The van der Waals surface area contributed by atoms with Crippen molar-refractivity contribution >= 4 is 12.0 Å². The third-order valence-electron chi connectivity index (χ3n) is 4.62. The minimum absolute atomic E-state index is 0.146. The average molecular weight is 318 g/mol. The maximum atomic E-state index is 12.2. The molecular formula is C18H26N2O3. The molecule has 5 nitrogen and oxygen atoms in total. The van der Waals surface area contributed by atoms with Crippen LogP contribution in [0.15, 0.2) is 30.3 Å². The summed E-state index contributed by atoms with van der Waals surface area (Å²) in [6.45, 7) is 5.77. The van der Waals surface area contributed by atoms with E-state index < -0.39 is 11.9 Å². The highest BCUT2D eigenvalue weighted by molar-refractivity contribution is 5.77. The summed E-state index contributed by atoms with van der Waals surface area (Å²) in [6, 6.07) is 10.1. The van der Waals surface area contributed by atoms with E-state index in [1.165, 1.54) is 5.56 Å². The predicted octanol–water partition coefficient (Wildman–Crippen LogP) is 2.62. The van der Waals surface area contributed by atoms with Crippen LogP contribution in [0.5, 0.6) is 0 Å². The molecule has 0 bridgehead atoms. The molecule has 1 fully saturated rings. The lowest BCUT2D eigenvalue weighted by atomic mass is 9.89. The van der Waals surface area contributed by atoms with Crippen LogP contribution >= 0.6 is 0 Å². The van der Waals surface area contributed by atoms with Gasteiger partial charge in [-0.2, -0.15) is 0 Å². The summed E-state index contributed by atoms with van der Waals surface area (Å²) < 4.78 is 0. The fourth-order valence-electron chi connectivity index (χ4n) is 2.94. The molecular weight excluding hydrogens is 292 g/mol. The molecule has 126 valence electrons. The van der Waals surface area contributed by atoms with Crippen LogP contribution in [0.4, 0.5) is 4.79 Å². The van der Waals surface area contributed by atoms with Gasteiger partial charge in [-0.15, -0.1) is 0 Å². The molecule has 1 aromatic rings. The number of aliphatic carboxylic acids is 1. The minimum atomic E-state index is -0.815. The highest BCUT2D eigenvalue weighted by atomic mass is 16.4. The summed E-state index contributed by atoms with van der Waals surface area (Å²) in [7, 11) is 0. The van der Waals surface area contributed by atoms with Crippen molar-refractivity contribution in [2.45, 2.75) is 26.7 Å². The van der Waals surface area contributed by atoms with E-state index in [1.54, 1.807) is 4.90 Å². The first-order valence-corrected chi connectivity index (χ1v) is 8.27. The standard InChI is InChI=1S/C18H26N2O3/c1-13(2)16(10-14-6-4-3-5-7-14)11-19-18(23)20-9-8-15(12-20)17(21)22/h3-7,13,15-16H,8-12H2,1-2H3,(H,19,23)(H,21,22). The van der Waals surface area contributed by atoms with Crippen molar-refractivity contribution in [2.24, 2.45) is 17.8 Å². The van der Waals surface area contributed by atoms with Gasteiger partial charge in [0.05, 0.1) is 5.92 Å². The van der Waals surface area contributed by atoms with Crippen molar-refractivity contribution in [1.29, 1.82) is 0 Å². The zero-order valence-corrected chi connectivity index (χ0v) is 13.9. The summed E-state index contributed by atoms with van der Waals surface area (Å²) in [5.74, 6) is -0.421. The van der Waals surface area contributed by atoms with E-state index in [9.17, 15) is 9.59 Å². The van der Waals surface area contributed by atoms with E-state index in [-0.39, 0.29) is 6.03 Å². The summed E-state index contributed by atoms with van der Waals surface area (Å²) in [5, 5.41) is 12.0. The Morgan fingerprint density at radius 2 is 2.00 bits per heavy atom. The zero-order valence-electron chi connectivity index (χ0n) is 13.9. The molecule has 2 amide bonds. The smallest absolute Gasteiger partial charge is 0.317 e. The molecule has 1 aliphatic heterocycles. The van der Waals surface area contributed by atoms with Crippen LogP contribution in [0, 0.1) is 17.8 Å². The van der Waals surface area contributed by atoms with Gasteiger partial charge in [0.25, 0.3) is 0 Å². The first kappa shape index (κ1) is 17.3. The van der Waals surface area contributed by atoms with Gasteiger partial charge in [-0.1, -0.05) is 44.2 Å². The molecule has 23 heavy (non-hydrogen) atoms. The normalized spacial score (nSPS) is 18.9. The van der Waals surface area contributed by atoms with Crippen molar-refractivity contribution in [1.82, 2.24) is 10.2 Å². The monoisotopic (exact) mass is 318 g/mol. The van der Waals surface area contributed by atoms with E-state index in [4.69, 9.17) is 5.11 Å². The van der Waals surface area contributed by atoms with Crippen molar-refractivity contribution in [3.63, 3.8) is 0 Å². The molecule has 1 aromatic carbocycles. The maximum absolute atomic E-state index is 12.2. The number of carboxylic acids is 1. The van der Waals surface area contributed by atoms with Crippen molar-refractivity contribution in [3.05, 3.63) is 35.9 Å². The van der Waals surface area contributed by atoms with Crippen molar-refractivity contribution in [3.8, 4) is 0 Å². The molecule has 2 rings (SSSR count). The molecule has 1 aliphatic rings. The van der Waals surface area contributed by atoms with Crippen LogP contribution in [0.2, 0.25) is 0 Å². The van der Waals surface area contributed by atoms with Gasteiger partial charge in [0.15, 0.2) is 0 Å². The highest BCUT2D eigenvalue weighted by Gasteiger charge is 2.31. The lowest BCUT2D eigenvalue weighted by molar-refractivity contribution is -0.141. The Bertz CT molecular complexity index is 530. The number of benzene rings is 1. The highest BCUT2D eigenvalue weighted by Crippen LogP contribution is 2.18. The van der Waals surface area contributed by atoms with Crippen LogP contribution < -0.4 is 5.32 Å². The zero-order chi connectivity index (χ0) is 16.8. The molecule has 5 heteroatoms. The number of rotatable bonds is 6. The van der Waals surface area contributed by atoms with Gasteiger partial charge in [0.1, 0.15) is 0 Å². The third kappa shape index (κ3) is 4.98. The van der Waals surface area contributed by atoms with E-state index in [1.807, 2.05) is 18.2 Å². The Labute approximate surface area is 137 Å². The number of nitrogens with zero attached hydrogens (tertiary/aromatic N) is 1. The van der Waals surface area contributed by atoms with Crippen LogP contribution in [0.3, 0.4) is 0 Å². The number of carbonyl (C=O) groups is 2. The molecule has 0 radical (unpaired) electrons. The van der Waals surface area contributed by atoms with Gasteiger partial charge in [0.2, 0.25) is 0 Å². The number of amides is 2. The van der Waals surface area contributed by atoms with Crippen LogP contribution in [0.1, 0.15) is 25.8 Å². The number of nitrogens with one attached hydrogen (secondary N) is 1. The van der Waals surface area contributed by atoms with Gasteiger partial charge in [-0.05, 0) is 30.2 Å². The number of carbonyl (C=O) groups excluding carboxylic acids is 1. The summed E-state index contributed by atoms with van der Waals surface area (Å²) in [6.07, 6.45) is 1.47. The quantitative estimate of drug-likeness (QED) is 0.847. The molecule has 0 spiro atoms. The van der Waals surface area contributed by atoms with Gasteiger partial charge in [-0.3, -0.25) is 4.79 Å². The topological polar surface area (TPSA) is 69.6 Å². The predicted molar refractivity (Wildman–Crippen MR) is 89.2 cm³/mol. The second-order valence-corrected chi connectivity index (χ2v) is 6.65. The third-order valence-corrected chi connectivity index (χ3v) is 4.62. The second kappa shape index (κ2) is 7.99. The van der Waals surface area contributed by atoms with E-state index in [0.29, 0.717) is 37.9 Å². The molecule has 2 unspecified atom stereocenters. The number of urea groups is 1. The minimum Gasteiger partial charge on any atom is -0.481 e. The molecule has 1 saturated heterocycles. The number of carboxylic acid groups (broad SMARTS) is 1. The van der Waals surface area contributed by atoms with E-state index >= 15 is 0 Å². The SMILES string of the molecule is CC(C)C(CNC(=O)N1CCC(C(=O)O)C1)Cc1ccccc1. The summed E-state index contributed by atoms with van der Waals surface area (Å²) in [4.78, 5) is 24.8. The van der Waals surface area contributed by atoms with Gasteiger partial charge in [-0.25, -0.2) is 4.79 Å². The Morgan fingerprint density at radius 1 is 1.30 bits per heavy atom. The first-order valence-electron chi connectivity index (χ1n) is 8.27. The largest absolute Gasteiger partial charge is 0.481 e. The van der Waals surface area contributed by atoms with Crippen molar-refractivity contribution < 1.29 is 14.7 Å². The Balaban J connectivity index is 1.84. The van der Waals surface area contributed by atoms with Crippen LogP contribution in [-0.4, -0.2) is 41.6 Å². The molecule has 2 atom stereocenters. The van der Waals surface area contributed by atoms with E-state index in [2.05, 4.69) is 31.3 Å². The first-order chi connectivity index (χ1) is 11.0. The number of hydrogen-bond donors (Lipinski definition) is 2. The fraction of sp³-hybridized carbons (Fsp3) is 0.556. The van der Waals surface area contributed by atoms with Crippen LogP contribution in [0.25, 0.3) is 0 Å². The Hall–Kier alpha value is -2.04. The lowest BCUT2D eigenvalue weighted by Gasteiger charge is -2.24. The summed E-state index contributed by atoms with van der Waals surface area (Å²) >= 11 is 0. The van der Waals surface area contributed by atoms with Gasteiger partial charge in [0, 0.05) is 19.6 Å². The molecule has 0 aromatic heterocycles. The fourth-order valence-corrected chi connectivity index (χ4v) is 2.94. The average Bonchev–Trinajstić information content (AvgIpc) is 3.02.